The first-order chi connectivity index (χ1) is 7.22. The first-order valence-electron chi connectivity index (χ1n) is 5.06. The van der Waals surface area contributed by atoms with Crippen molar-refractivity contribution in [2.45, 2.75) is 19.8 Å². The zero-order valence-corrected chi connectivity index (χ0v) is 11.0. The summed E-state index contributed by atoms with van der Waals surface area (Å²) in [6.45, 7) is 3.15. The van der Waals surface area contributed by atoms with Gasteiger partial charge in [-0.25, -0.2) is 0 Å². The quantitative estimate of drug-likeness (QED) is 0.595. The summed E-state index contributed by atoms with van der Waals surface area (Å²) >= 11 is 2.25. The Hall–Kier alpha value is -0.420. The van der Waals surface area contributed by atoms with Gasteiger partial charge in [-0.1, -0.05) is 12.1 Å². The van der Waals surface area contributed by atoms with Crippen molar-refractivity contribution in [1.29, 1.82) is 0 Å². The van der Waals surface area contributed by atoms with Gasteiger partial charge in [-0.2, -0.15) is 0 Å². The summed E-state index contributed by atoms with van der Waals surface area (Å²) in [5.74, 6) is 0.240. The molecule has 0 fully saturated rings. The van der Waals surface area contributed by atoms with Crippen LogP contribution in [0.5, 0.6) is 0 Å². The van der Waals surface area contributed by atoms with Gasteiger partial charge in [-0.05, 0) is 47.2 Å². The lowest BCUT2D eigenvalue weighted by atomic mass is 10.1. The zero-order valence-electron chi connectivity index (χ0n) is 8.83. The van der Waals surface area contributed by atoms with E-state index in [2.05, 4.69) is 22.6 Å². The number of carbonyl (C=O) groups excluding carboxylic acids is 1. The average Bonchev–Trinajstić information content (AvgIpc) is 2.22. The first kappa shape index (κ1) is 12.6. The molecular weight excluding hydrogens is 303 g/mol. The highest BCUT2D eigenvalue weighted by molar-refractivity contribution is 14.1. The van der Waals surface area contributed by atoms with Crippen LogP contribution in [-0.2, 0) is 16.0 Å². The molecule has 1 rings (SSSR count). The lowest BCUT2D eigenvalue weighted by Crippen LogP contribution is -2.07. The van der Waals surface area contributed by atoms with Crippen molar-refractivity contribution < 1.29 is 9.53 Å². The molecular formula is C12H15IO2. The fraction of sp³-hybridized carbons (Fsp3) is 0.417. The molecule has 0 saturated carbocycles. The Kier molecular flexibility index (Phi) is 5.86. The van der Waals surface area contributed by atoms with Gasteiger partial charge in [0.25, 0.3) is 0 Å². The summed E-state index contributed by atoms with van der Waals surface area (Å²) in [5, 5.41) is 0. The van der Waals surface area contributed by atoms with E-state index in [-0.39, 0.29) is 5.78 Å². The summed E-state index contributed by atoms with van der Waals surface area (Å²) in [5.41, 5.74) is 1.08. The molecule has 0 aromatic heterocycles. The van der Waals surface area contributed by atoms with Crippen LogP contribution in [-0.4, -0.2) is 19.0 Å². The predicted octanol–water partition coefficient (Wildman–Crippen LogP) is 2.83. The maximum absolute atomic E-state index is 11.5. The summed E-state index contributed by atoms with van der Waals surface area (Å²) in [6.07, 6.45) is 1.03. The van der Waals surface area contributed by atoms with Crippen molar-refractivity contribution in [2.75, 3.05) is 13.2 Å². The van der Waals surface area contributed by atoms with Crippen molar-refractivity contribution in [3.8, 4) is 0 Å². The number of rotatable bonds is 6. The summed E-state index contributed by atoms with van der Waals surface area (Å²) in [7, 11) is 0. The molecule has 0 unspecified atom stereocenters. The minimum atomic E-state index is 0.240. The van der Waals surface area contributed by atoms with E-state index in [1.165, 1.54) is 3.57 Å². The normalized spacial score (nSPS) is 10.3. The van der Waals surface area contributed by atoms with Gasteiger partial charge in [0.15, 0.2) is 0 Å². The van der Waals surface area contributed by atoms with E-state index >= 15 is 0 Å². The molecule has 2 nitrogen and oxygen atoms in total. The molecule has 0 aliphatic rings. The smallest absolute Gasteiger partial charge is 0.139 e. The van der Waals surface area contributed by atoms with Gasteiger partial charge in [0.1, 0.15) is 5.78 Å². The highest BCUT2D eigenvalue weighted by atomic mass is 127. The Morgan fingerprint density at radius 1 is 1.33 bits per heavy atom. The largest absolute Gasteiger partial charge is 0.381 e. The molecule has 0 N–H and O–H groups in total. The molecule has 3 heteroatoms. The number of Topliss-reactive ketones (excluding diaryl/α,β-unsaturated/α-hetero) is 1. The second-order valence-corrected chi connectivity index (χ2v) is 4.53. The van der Waals surface area contributed by atoms with Crippen LogP contribution in [0.4, 0.5) is 0 Å². The molecule has 0 bridgehead atoms. The Bertz CT molecular complexity index is 306. The number of hydrogen-bond donors (Lipinski definition) is 0. The minimum Gasteiger partial charge on any atom is -0.381 e. The minimum absolute atomic E-state index is 0.240. The van der Waals surface area contributed by atoms with E-state index in [1.54, 1.807) is 0 Å². The molecule has 1 aromatic rings. The van der Waals surface area contributed by atoms with Gasteiger partial charge in [0.2, 0.25) is 0 Å². The fourth-order valence-electron chi connectivity index (χ4n) is 1.25. The third-order valence-electron chi connectivity index (χ3n) is 2.04. The van der Waals surface area contributed by atoms with Crippen LogP contribution in [0.3, 0.4) is 0 Å². The van der Waals surface area contributed by atoms with Crippen molar-refractivity contribution in [3.63, 3.8) is 0 Å². The van der Waals surface area contributed by atoms with Crippen molar-refractivity contribution in [1.82, 2.24) is 0 Å². The van der Waals surface area contributed by atoms with Gasteiger partial charge < -0.3 is 4.74 Å². The molecule has 15 heavy (non-hydrogen) atoms. The van der Waals surface area contributed by atoms with Crippen LogP contribution in [0.2, 0.25) is 0 Å². The van der Waals surface area contributed by atoms with Gasteiger partial charge in [-0.3, -0.25) is 4.79 Å². The third-order valence-corrected chi connectivity index (χ3v) is 2.76. The Morgan fingerprint density at radius 3 is 2.60 bits per heavy atom. The number of carbonyl (C=O) groups is 1. The summed E-state index contributed by atoms with van der Waals surface area (Å²) in [4.78, 5) is 11.5. The highest BCUT2D eigenvalue weighted by Gasteiger charge is 2.03. The van der Waals surface area contributed by atoms with Crippen LogP contribution < -0.4 is 0 Å². The summed E-state index contributed by atoms with van der Waals surface area (Å²) < 4.78 is 6.33. The van der Waals surface area contributed by atoms with Crippen LogP contribution in [0, 0.1) is 3.57 Å². The molecule has 0 radical (unpaired) electrons. The van der Waals surface area contributed by atoms with Crippen molar-refractivity contribution in [2.24, 2.45) is 0 Å². The number of ketones is 1. The Labute approximate surface area is 104 Å². The second kappa shape index (κ2) is 6.95. The van der Waals surface area contributed by atoms with E-state index < -0.39 is 0 Å². The molecule has 0 aliphatic heterocycles. The maximum atomic E-state index is 11.5. The monoisotopic (exact) mass is 318 g/mol. The molecule has 0 spiro atoms. The van der Waals surface area contributed by atoms with Gasteiger partial charge in [0, 0.05) is 23.0 Å². The molecule has 0 saturated heterocycles. The van der Waals surface area contributed by atoms with E-state index in [0.717, 1.165) is 5.56 Å². The summed E-state index contributed by atoms with van der Waals surface area (Å²) in [6, 6.07) is 8.04. The van der Waals surface area contributed by atoms with Crippen LogP contribution >= 0.6 is 22.6 Å². The average molecular weight is 318 g/mol. The maximum Gasteiger partial charge on any atom is 0.139 e. The first-order valence-corrected chi connectivity index (χ1v) is 6.14. The molecule has 0 heterocycles. The Balaban J connectivity index is 2.34. The van der Waals surface area contributed by atoms with Crippen LogP contribution in [0.15, 0.2) is 24.3 Å². The lowest BCUT2D eigenvalue weighted by molar-refractivity contribution is -0.119. The van der Waals surface area contributed by atoms with E-state index in [4.69, 9.17) is 4.74 Å². The lowest BCUT2D eigenvalue weighted by Gasteiger charge is -2.02. The topological polar surface area (TPSA) is 26.3 Å². The predicted molar refractivity (Wildman–Crippen MR) is 69.0 cm³/mol. The zero-order chi connectivity index (χ0) is 11.1. The molecule has 82 valence electrons. The molecule has 0 aliphatic carbocycles. The number of halogens is 1. The molecule has 0 amide bonds. The number of hydrogen-bond acceptors (Lipinski definition) is 2. The number of benzene rings is 1. The van der Waals surface area contributed by atoms with E-state index in [0.29, 0.717) is 26.1 Å². The fourth-order valence-corrected chi connectivity index (χ4v) is 1.61. The standard InChI is InChI=1S/C12H15IO2/c1-2-15-8-7-12(14)9-10-3-5-11(13)6-4-10/h3-6H,2,7-9H2,1H3. The molecule has 1 aromatic carbocycles. The van der Waals surface area contributed by atoms with E-state index in [1.807, 2.05) is 31.2 Å². The van der Waals surface area contributed by atoms with Gasteiger partial charge in [0.05, 0.1) is 6.61 Å². The second-order valence-electron chi connectivity index (χ2n) is 3.29. The van der Waals surface area contributed by atoms with E-state index in [9.17, 15) is 4.79 Å². The van der Waals surface area contributed by atoms with Gasteiger partial charge >= 0.3 is 0 Å². The van der Waals surface area contributed by atoms with Crippen molar-refractivity contribution in [3.05, 3.63) is 33.4 Å². The Morgan fingerprint density at radius 2 is 2.00 bits per heavy atom. The van der Waals surface area contributed by atoms with Crippen LogP contribution in [0.25, 0.3) is 0 Å². The van der Waals surface area contributed by atoms with Crippen molar-refractivity contribution >= 4 is 28.4 Å². The molecule has 0 atom stereocenters. The SMILES string of the molecule is CCOCCC(=O)Cc1ccc(I)cc1. The highest BCUT2D eigenvalue weighted by Crippen LogP contribution is 2.08. The van der Waals surface area contributed by atoms with Gasteiger partial charge in [-0.15, -0.1) is 0 Å². The van der Waals surface area contributed by atoms with Crippen LogP contribution in [0.1, 0.15) is 18.9 Å². The number of ether oxygens (including phenoxy) is 1. The third kappa shape index (κ3) is 5.28.